The number of aliphatic hydroxyl groups excluding tert-OH is 2. The van der Waals surface area contributed by atoms with Crippen LogP contribution in [-0.2, 0) is 9.84 Å². The lowest BCUT2D eigenvalue weighted by molar-refractivity contribution is 0.172. The molecule has 0 radical (unpaired) electrons. The first kappa shape index (κ1) is 17.7. The zero-order valence-corrected chi connectivity index (χ0v) is 13.7. The van der Waals surface area contributed by atoms with Gasteiger partial charge < -0.3 is 10.2 Å². The molecule has 0 aliphatic rings. The Balaban J connectivity index is 1.83. The summed E-state index contributed by atoms with van der Waals surface area (Å²) in [4.78, 5) is 0. The number of hydrogen-bond donors (Lipinski definition) is 2. The lowest BCUT2D eigenvalue weighted by Crippen LogP contribution is -2.16. The Morgan fingerprint density at radius 3 is 1.39 bits per heavy atom. The Bertz CT molecular complexity index is 628. The normalized spacial score (nSPS) is 14.3. The van der Waals surface area contributed by atoms with Crippen molar-refractivity contribution in [1.82, 2.24) is 0 Å². The van der Waals surface area contributed by atoms with E-state index in [-0.39, 0.29) is 24.3 Å². The van der Waals surface area contributed by atoms with Crippen LogP contribution < -0.4 is 0 Å². The first-order valence-electron chi connectivity index (χ1n) is 7.64. The van der Waals surface area contributed by atoms with Crippen LogP contribution in [0.2, 0.25) is 0 Å². The average Bonchev–Trinajstić information content (AvgIpc) is 2.59. The SMILES string of the molecule is O=S(=O)(CCC(O)c1ccccc1)CCC(O)c1ccccc1. The molecule has 23 heavy (non-hydrogen) atoms. The van der Waals surface area contributed by atoms with Crippen molar-refractivity contribution >= 4 is 9.84 Å². The van der Waals surface area contributed by atoms with E-state index in [0.717, 1.165) is 0 Å². The highest BCUT2D eigenvalue weighted by Crippen LogP contribution is 2.20. The predicted molar refractivity (Wildman–Crippen MR) is 90.7 cm³/mol. The summed E-state index contributed by atoms with van der Waals surface area (Å²) in [6, 6.07) is 18.0. The molecule has 0 saturated heterocycles. The summed E-state index contributed by atoms with van der Waals surface area (Å²) in [5.41, 5.74) is 1.43. The molecule has 2 rings (SSSR count). The second-order valence-corrected chi connectivity index (χ2v) is 7.89. The van der Waals surface area contributed by atoms with Crippen molar-refractivity contribution in [3.63, 3.8) is 0 Å². The third kappa shape index (κ3) is 5.78. The minimum Gasteiger partial charge on any atom is -0.388 e. The minimum atomic E-state index is -3.31. The van der Waals surface area contributed by atoms with Gasteiger partial charge >= 0.3 is 0 Å². The molecule has 4 nitrogen and oxygen atoms in total. The molecule has 2 atom stereocenters. The van der Waals surface area contributed by atoms with Crippen molar-refractivity contribution < 1.29 is 18.6 Å². The van der Waals surface area contributed by atoms with Gasteiger partial charge in [0, 0.05) is 0 Å². The minimum absolute atomic E-state index is 0.0927. The van der Waals surface area contributed by atoms with Crippen LogP contribution in [0, 0.1) is 0 Å². The quantitative estimate of drug-likeness (QED) is 0.778. The van der Waals surface area contributed by atoms with Crippen molar-refractivity contribution in [3.8, 4) is 0 Å². The highest BCUT2D eigenvalue weighted by molar-refractivity contribution is 7.91. The summed E-state index contributed by atoms with van der Waals surface area (Å²) < 4.78 is 24.2. The molecule has 5 heteroatoms. The fourth-order valence-corrected chi connectivity index (χ4v) is 3.74. The summed E-state index contributed by atoms with van der Waals surface area (Å²) >= 11 is 0. The van der Waals surface area contributed by atoms with Gasteiger partial charge in [0.25, 0.3) is 0 Å². The summed E-state index contributed by atoms with van der Waals surface area (Å²) in [6.07, 6.45) is -1.25. The van der Waals surface area contributed by atoms with E-state index in [1.807, 2.05) is 36.4 Å². The van der Waals surface area contributed by atoms with E-state index in [2.05, 4.69) is 0 Å². The van der Waals surface area contributed by atoms with Crippen LogP contribution in [-0.4, -0.2) is 30.1 Å². The van der Waals surface area contributed by atoms with E-state index in [1.165, 1.54) is 0 Å². The van der Waals surface area contributed by atoms with Crippen molar-refractivity contribution in [2.45, 2.75) is 25.0 Å². The maximum absolute atomic E-state index is 12.1. The van der Waals surface area contributed by atoms with Crippen LogP contribution in [0.5, 0.6) is 0 Å². The molecule has 2 N–H and O–H groups in total. The average molecular weight is 334 g/mol. The smallest absolute Gasteiger partial charge is 0.150 e. The summed E-state index contributed by atoms with van der Waals surface area (Å²) in [5.74, 6) is -0.185. The van der Waals surface area contributed by atoms with Gasteiger partial charge in [0.15, 0.2) is 9.84 Å². The molecule has 0 heterocycles. The Morgan fingerprint density at radius 2 is 1.04 bits per heavy atom. The molecule has 0 aliphatic carbocycles. The second kappa shape index (κ2) is 8.24. The van der Waals surface area contributed by atoms with Gasteiger partial charge in [-0.25, -0.2) is 8.42 Å². The highest BCUT2D eigenvalue weighted by Gasteiger charge is 2.17. The molecule has 0 fully saturated rings. The Morgan fingerprint density at radius 1 is 0.696 bits per heavy atom. The summed E-state index contributed by atoms with van der Waals surface area (Å²) in [6.45, 7) is 0. The van der Waals surface area contributed by atoms with Crippen LogP contribution in [0.4, 0.5) is 0 Å². The lowest BCUT2D eigenvalue weighted by atomic mass is 10.1. The van der Waals surface area contributed by atoms with Crippen molar-refractivity contribution in [2.24, 2.45) is 0 Å². The fourth-order valence-electron chi connectivity index (χ4n) is 2.37. The first-order valence-corrected chi connectivity index (χ1v) is 9.46. The molecule has 2 aromatic carbocycles. The molecule has 2 unspecified atom stereocenters. The van der Waals surface area contributed by atoms with Crippen molar-refractivity contribution in [3.05, 3.63) is 71.8 Å². The van der Waals surface area contributed by atoms with E-state index in [0.29, 0.717) is 11.1 Å². The van der Waals surface area contributed by atoms with Gasteiger partial charge in [0.2, 0.25) is 0 Å². The molecule has 0 spiro atoms. The molecule has 0 aromatic heterocycles. The van der Waals surface area contributed by atoms with E-state index in [9.17, 15) is 18.6 Å². The molecule has 0 amide bonds. The molecule has 0 bridgehead atoms. The third-order valence-corrected chi connectivity index (χ3v) is 5.49. The second-order valence-electron chi connectivity index (χ2n) is 5.58. The van der Waals surface area contributed by atoms with E-state index in [1.54, 1.807) is 24.3 Å². The topological polar surface area (TPSA) is 74.6 Å². The number of hydrogen-bond acceptors (Lipinski definition) is 4. The number of benzene rings is 2. The largest absolute Gasteiger partial charge is 0.388 e. The highest BCUT2D eigenvalue weighted by atomic mass is 32.2. The molecule has 0 aliphatic heterocycles. The zero-order chi connectivity index (χ0) is 16.7. The maximum atomic E-state index is 12.1. The van der Waals surface area contributed by atoms with Gasteiger partial charge in [-0.05, 0) is 24.0 Å². The number of sulfone groups is 1. The van der Waals surface area contributed by atoms with Gasteiger partial charge in [0.1, 0.15) is 0 Å². The van der Waals surface area contributed by atoms with Gasteiger partial charge in [0.05, 0.1) is 23.7 Å². The zero-order valence-electron chi connectivity index (χ0n) is 12.9. The van der Waals surface area contributed by atoms with Crippen LogP contribution in [0.25, 0.3) is 0 Å². The number of aliphatic hydroxyl groups is 2. The monoisotopic (exact) mass is 334 g/mol. The summed E-state index contributed by atoms with van der Waals surface area (Å²) in [5, 5.41) is 20.1. The number of rotatable bonds is 8. The molecule has 2 aromatic rings. The van der Waals surface area contributed by atoms with Crippen LogP contribution in [0.3, 0.4) is 0 Å². The fraction of sp³-hybridized carbons (Fsp3) is 0.333. The molecular weight excluding hydrogens is 312 g/mol. The first-order chi connectivity index (χ1) is 11.0. The summed E-state index contributed by atoms with van der Waals surface area (Å²) in [7, 11) is -3.31. The van der Waals surface area contributed by atoms with Crippen LogP contribution >= 0.6 is 0 Å². The Hall–Kier alpha value is -1.69. The van der Waals surface area contributed by atoms with Gasteiger partial charge in [-0.15, -0.1) is 0 Å². The van der Waals surface area contributed by atoms with E-state index >= 15 is 0 Å². The van der Waals surface area contributed by atoms with Gasteiger partial charge in [-0.2, -0.15) is 0 Å². The van der Waals surface area contributed by atoms with Crippen LogP contribution in [0.1, 0.15) is 36.2 Å². The maximum Gasteiger partial charge on any atom is 0.150 e. The van der Waals surface area contributed by atoms with Crippen LogP contribution in [0.15, 0.2) is 60.7 Å². The van der Waals surface area contributed by atoms with E-state index < -0.39 is 22.0 Å². The van der Waals surface area contributed by atoms with E-state index in [4.69, 9.17) is 0 Å². The Kier molecular flexibility index (Phi) is 6.33. The molecule has 124 valence electrons. The lowest BCUT2D eigenvalue weighted by Gasteiger charge is -2.13. The van der Waals surface area contributed by atoms with Gasteiger partial charge in [-0.3, -0.25) is 0 Å². The molecular formula is C18H22O4S. The third-order valence-electron chi connectivity index (χ3n) is 3.77. The molecule has 0 saturated carbocycles. The van der Waals surface area contributed by atoms with Gasteiger partial charge in [-0.1, -0.05) is 60.7 Å². The Labute approximate surface area is 137 Å². The standard InChI is InChI=1S/C18H22O4S/c19-17(15-7-3-1-4-8-15)11-13-23(21,22)14-12-18(20)16-9-5-2-6-10-16/h1-10,17-20H,11-14H2. The van der Waals surface area contributed by atoms with Crippen molar-refractivity contribution in [1.29, 1.82) is 0 Å². The predicted octanol–water partition coefficient (Wildman–Crippen LogP) is 2.65. The van der Waals surface area contributed by atoms with Crippen molar-refractivity contribution in [2.75, 3.05) is 11.5 Å².